The molecule has 0 amide bonds. The minimum atomic E-state index is 0.400. The maximum Gasteiger partial charge on any atom is 0.164 e. The second kappa shape index (κ2) is 7.34. The topological polar surface area (TPSA) is 44.5 Å². The van der Waals surface area contributed by atoms with E-state index in [1.54, 1.807) is 7.11 Å². The Labute approximate surface area is 130 Å². The van der Waals surface area contributed by atoms with E-state index in [9.17, 15) is 0 Å². The molecular formula is C17H20ClNO2. The van der Waals surface area contributed by atoms with Crippen LogP contribution in [0.25, 0.3) is 0 Å². The Morgan fingerprint density at radius 3 is 2.62 bits per heavy atom. The standard InChI is InChI=1S/C17H20ClNO2/c1-12-6-7-14(15(18)10-12)11-21-17-13(8-9-19)4-3-5-16(17)20-2/h3-7,10H,8-9,11,19H2,1-2H3. The van der Waals surface area contributed by atoms with Crippen molar-refractivity contribution in [1.29, 1.82) is 0 Å². The van der Waals surface area contributed by atoms with Gasteiger partial charge in [-0.15, -0.1) is 0 Å². The first-order valence-electron chi connectivity index (χ1n) is 6.89. The van der Waals surface area contributed by atoms with Gasteiger partial charge in [0.15, 0.2) is 11.5 Å². The zero-order valence-corrected chi connectivity index (χ0v) is 13.1. The lowest BCUT2D eigenvalue weighted by Gasteiger charge is -2.15. The summed E-state index contributed by atoms with van der Waals surface area (Å²) in [6, 6.07) is 11.8. The number of nitrogens with two attached hydrogens (primary N) is 1. The third-order valence-electron chi connectivity index (χ3n) is 3.27. The van der Waals surface area contributed by atoms with Gasteiger partial charge in [-0.1, -0.05) is 35.9 Å². The molecule has 2 aromatic carbocycles. The largest absolute Gasteiger partial charge is 0.493 e. The van der Waals surface area contributed by atoms with Crippen LogP contribution < -0.4 is 15.2 Å². The van der Waals surface area contributed by atoms with Crippen molar-refractivity contribution in [3.63, 3.8) is 0 Å². The van der Waals surface area contributed by atoms with Gasteiger partial charge in [-0.2, -0.15) is 0 Å². The van der Waals surface area contributed by atoms with Crippen LogP contribution >= 0.6 is 11.6 Å². The number of hydrogen-bond acceptors (Lipinski definition) is 3. The van der Waals surface area contributed by atoms with Gasteiger partial charge in [0.25, 0.3) is 0 Å². The molecule has 112 valence electrons. The smallest absolute Gasteiger partial charge is 0.164 e. The molecule has 0 bridgehead atoms. The lowest BCUT2D eigenvalue weighted by molar-refractivity contribution is 0.281. The van der Waals surface area contributed by atoms with Crippen LogP contribution in [0, 0.1) is 6.92 Å². The molecule has 3 nitrogen and oxygen atoms in total. The van der Waals surface area contributed by atoms with E-state index in [0.29, 0.717) is 23.9 Å². The van der Waals surface area contributed by atoms with Gasteiger partial charge in [-0.3, -0.25) is 0 Å². The molecule has 0 saturated carbocycles. The van der Waals surface area contributed by atoms with Gasteiger partial charge in [0.1, 0.15) is 6.61 Å². The van der Waals surface area contributed by atoms with Crippen LogP contribution in [0.1, 0.15) is 16.7 Å². The second-order valence-corrected chi connectivity index (χ2v) is 5.28. The summed E-state index contributed by atoms with van der Waals surface area (Å²) in [5, 5.41) is 0.713. The Hall–Kier alpha value is -1.71. The van der Waals surface area contributed by atoms with Crippen molar-refractivity contribution >= 4 is 11.6 Å². The third-order valence-corrected chi connectivity index (χ3v) is 3.63. The van der Waals surface area contributed by atoms with E-state index < -0.39 is 0 Å². The second-order valence-electron chi connectivity index (χ2n) is 4.87. The van der Waals surface area contributed by atoms with Crippen molar-refractivity contribution in [3.05, 3.63) is 58.1 Å². The fraction of sp³-hybridized carbons (Fsp3) is 0.294. The Bertz CT molecular complexity index is 614. The fourth-order valence-electron chi connectivity index (χ4n) is 2.16. The number of rotatable bonds is 6. The van der Waals surface area contributed by atoms with Gasteiger partial charge in [0.05, 0.1) is 7.11 Å². The van der Waals surface area contributed by atoms with Crippen molar-refractivity contribution in [2.75, 3.05) is 13.7 Å². The molecule has 0 saturated heterocycles. The normalized spacial score (nSPS) is 10.5. The summed E-state index contributed by atoms with van der Waals surface area (Å²) in [5.74, 6) is 1.45. The molecule has 0 radical (unpaired) electrons. The van der Waals surface area contributed by atoms with Gasteiger partial charge in [0, 0.05) is 10.6 Å². The minimum Gasteiger partial charge on any atom is -0.493 e. The van der Waals surface area contributed by atoms with Crippen LogP contribution in [0.15, 0.2) is 36.4 Å². The maximum atomic E-state index is 6.24. The van der Waals surface area contributed by atoms with E-state index in [2.05, 4.69) is 0 Å². The highest BCUT2D eigenvalue weighted by molar-refractivity contribution is 6.31. The Morgan fingerprint density at radius 1 is 1.14 bits per heavy atom. The number of hydrogen-bond donors (Lipinski definition) is 1. The zero-order chi connectivity index (χ0) is 15.2. The molecule has 0 aliphatic heterocycles. The van der Waals surface area contributed by atoms with Gasteiger partial charge in [-0.25, -0.2) is 0 Å². The predicted molar refractivity (Wildman–Crippen MR) is 86.3 cm³/mol. The summed E-state index contributed by atoms with van der Waals surface area (Å²) < 4.78 is 11.3. The van der Waals surface area contributed by atoms with Crippen LogP contribution in [0.5, 0.6) is 11.5 Å². The first-order valence-corrected chi connectivity index (χ1v) is 7.27. The molecule has 0 spiro atoms. The summed E-state index contributed by atoms with van der Waals surface area (Å²) in [6.07, 6.45) is 0.744. The molecule has 0 atom stereocenters. The van der Waals surface area contributed by atoms with E-state index in [-0.39, 0.29) is 0 Å². The van der Waals surface area contributed by atoms with E-state index in [1.165, 1.54) is 0 Å². The van der Waals surface area contributed by atoms with Gasteiger partial charge in [-0.05, 0) is 43.1 Å². The zero-order valence-electron chi connectivity index (χ0n) is 12.4. The first-order chi connectivity index (χ1) is 10.2. The fourth-order valence-corrected chi connectivity index (χ4v) is 2.45. The lowest BCUT2D eigenvalue weighted by atomic mass is 10.1. The van der Waals surface area contributed by atoms with Crippen LogP contribution in [0.4, 0.5) is 0 Å². The van der Waals surface area contributed by atoms with Crippen LogP contribution in [-0.2, 0) is 13.0 Å². The molecule has 2 N–H and O–H groups in total. The molecule has 0 unspecified atom stereocenters. The Balaban J connectivity index is 2.22. The minimum absolute atomic E-state index is 0.400. The van der Waals surface area contributed by atoms with Gasteiger partial charge >= 0.3 is 0 Å². The summed E-state index contributed by atoms with van der Waals surface area (Å²) >= 11 is 6.24. The highest BCUT2D eigenvalue weighted by atomic mass is 35.5. The number of benzene rings is 2. The van der Waals surface area contributed by atoms with Gasteiger partial charge < -0.3 is 15.2 Å². The van der Waals surface area contributed by atoms with Crippen LogP contribution in [-0.4, -0.2) is 13.7 Å². The first kappa shape index (κ1) is 15.7. The highest BCUT2D eigenvalue weighted by Gasteiger charge is 2.11. The summed E-state index contributed by atoms with van der Waals surface area (Å²) in [4.78, 5) is 0. The van der Waals surface area contributed by atoms with Crippen molar-refractivity contribution in [1.82, 2.24) is 0 Å². The Morgan fingerprint density at radius 2 is 1.95 bits per heavy atom. The van der Waals surface area contributed by atoms with Crippen LogP contribution in [0.2, 0.25) is 5.02 Å². The predicted octanol–water partition coefficient (Wildman–Crippen LogP) is 3.74. The third kappa shape index (κ3) is 3.90. The van der Waals surface area contributed by atoms with E-state index in [1.807, 2.05) is 43.3 Å². The van der Waals surface area contributed by atoms with Crippen molar-refractivity contribution < 1.29 is 9.47 Å². The van der Waals surface area contributed by atoms with E-state index in [0.717, 1.165) is 28.9 Å². The van der Waals surface area contributed by atoms with E-state index >= 15 is 0 Å². The average Bonchev–Trinajstić information content (AvgIpc) is 2.47. The average molecular weight is 306 g/mol. The van der Waals surface area contributed by atoms with Crippen molar-refractivity contribution in [3.8, 4) is 11.5 Å². The molecule has 0 fully saturated rings. The van der Waals surface area contributed by atoms with Crippen molar-refractivity contribution in [2.45, 2.75) is 20.0 Å². The summed E-state index contributed by atoms with van der Waals surface area (Å²) in [6.45, 7) is 2.97. The lowest BCUT2D eigenvalue weighted by Crippen LogP contribution is -2.06. The van der Waals surface area contributed by atoms with E-state index in [4.69, 9.17) is 26.8 Å². The molecular weight excluding hydrogens is 286 g/mol. The molecule has 2 aromatic rings. The number of halogens is 1. The van der Waals surface area contributed by atoms with Crippen LogP contribution in [0.3, 0.4) is 0 Å². The molecule has 0 aromatic heterocycles. The van der Waals surface area contributed by atoms with Crippen molar-refractivity contribution in [2.24, 2.45) is 5.73 Å². The molecule has 21 heavy (non-hydrogen) atoms. The molecule has 0 aliphatic carbocycles. The SMILES string of the molecule is COc1cccc(CCN)c1OCc1ccc(C)cc1Cl. The number of ether oxygens (including phenoxy) is 2. The molecule has 4 heteroatoms. The number of para-hydroxylation sites is 1. The monoisotopic (exact) mass is 305 g/mol. The van der Waals surface area contributed by atoms with Gasteiger partial charge in [0.2, 0.25) is 0 Å². The molecule has 2 rings (SSSR count). The molecule has 0 heterocycles. The molecule has 0 aliphatic rings. The summed E-state index contributed by atoms with van der Waals surface area (Å²) in [7, 11) is 1.63. The number of aryl methyl sites for hydroxylation is 1. The summed E-state index contributed by atoms with van der Waals surface area (Å²) in [5.41, 5.74) is 8.77. The number of methoxy groups -OCH3 is 1. The highest BCUT2D eigenvalue weighted by Crippen LogP contribution is 2.32. The Kier molecular flexibility index (Phi) is 5.48. The quantitative estimate of drug-likeness (QED) is 0.884. The maximum absolute atomic E-state index is 6.24.